The Labute approximate surface area is 325 Å². The summed E-state index contributed by atoms with van der Waals surface area (Å²) >= 11 is 1.73. The molecule has 0 fully saturated rings. The molecule has 0 saturated carbocycles. The van der Waals surface area contributed by atoms with E-state index in [1.54, 1.807) is 11.3 Å². The minimum Gasteiger partial charge on any atom is -0.456 e. The number of hydrogen-bond acceptors (Lipinski definition) is 7. The summed E-state index contributed by atoms with van der Waals surface area (Å²) in [5.74, 6) is 2.51. The van der Waals surface area contributed by atoms with E-state index in [2.05, 4.69) is 97.1 Å². The number of benzene rings is 7. The molecule has 6 nitrogen and oxygen atoms in total. The topological polar surface area (TPSA) is 77.6 Å². The monoisotopic (exact) mass is 735 g/mol. The van der Waals surface area contributed by atoms with Crippen LogP contribution in [0.1, 0.15) is 0 Å². The average molecular weight is 736 g/mol. The van der Waals surface area contributed by atoms with E-state index < -0.39 is 0 Å². The minimum atomic E-state index is 0.581. The van der Waals surface area contributed by atoms with Crippen LogP contribution >= 0.6 is 11.3 Å². The molecular formula is C49H29N5OS. The number of fused-ring (bicyclic) bond motifs is 6. The van der Waals surface area contributed by atoms with Crippen molar-refractivity contribution in [3.8, 4) is 67.9 Å². The lowest BCUT2D eigenvalue weighted by molar-refractivity contribution is 0.669. The third-order valence-corrected chi connectivity index (χ3v) is 11.3. The molecule has 0 unspecified atom stereocenters. The highest BCUT2D eigenvalue weighted by molar-refractivity contribution is 7.26. The highest BCUT2D eigenvalue weighted by Crippen LogP contribution is 2.41. The molecule has 0 aliphatic rings. The highest BCUT2D eigenvalue weighted by Gasteiger charge is 2.19. The maximum absolute atomic E-state index is 6.52. The number of thiophene rings is 1. The van der Waals surface area contributed by atoms with Crippen LogP contribution in [0.4, 0.5) is 0 Å². The molecule has 0 atom stereocenters. The molecule has 7 heteroatoms. The highest BCUT2D eigenvalue weighted by atomic mass is 32.1. The molecular weight excluding hydrogens is 707 g/mol. The molecule has 7 aromatic carbocycles. The van der Waals surface area contributed by atoms with Crippen molar-refractivity contribution in [2.75, 3.05) is 0 Å². The smallest absolute Gasteiger partial charge is 0.164 e. The van der Waals surface area contributed by atoms with E-state index in [9.17, 15) is 0 Å². The van der Waals surface area contributed by atoms with Gasteiger partial charge in [-0.25, -0.2) is 24.9 Å². The Kier molecular flexibility index (Phi) is 7.57. The van der Waals surface area contributed by atoms with Crippen LogP contribution in [-0.4, -0.2) is 24.9 Å². The molecule has 0 saturated heterocycles. The van der Waals surface area contributed by atoms with E-state index in [4.69, 9.17) is 29.3 Å². The first-order chi connectivity index (χ1) is 27.7. The fourth-order valence-electron chi connectivity index (χ4n) is 7.39. The first-order valence-electron chi connectivity index (χ1n) is 18.4. The van der Waals surface area contributed by atoms with Crippen molar-refractivity contribution in [3.05, 3.63) is 176 Å². The average Bonchev–Trinajstić information content (AvgIpc) is 3.84. The standard InChI is InChI=1S/C49H29N5OS/c1-4-13-30(14-5-1)33-19-12-20-35(27-33)48-50-43(45-44(51-48)38-21-10-11-22-42(38)56-45)34-24-26-40-39(28-34)37-25-23-36(29-41(37)55-40)49-53-46(31-15-6-2-7-16-31)52-47(54-49)32-17-8-3-9-18-32/h1-29H. The van der Waals surface area contributed by atoms with Gasteiger partial charge in [0, 0.05) is 48.7 Å². The first-order valence-corrected chi connectivity index (χ1v) is 19.2. The van der Waals surface area contributed by atoms with Gasteiger partial charge in [-0.15, -0.1) is 11.3 Å². The van der Waals surface area contributed by atoms with Crippen molar-refractivity contribution >= 4 is 53.6 Å². The Bertz CT molecular complexity index is 3190. The number of aromatic nitrogens is 5. The van der Waals surface area contributed by atoms with Crippen LogP contribution in [0.15, 0.2) is 180 Å². The summed E-state index contributed by atoms with van der Waals surface area (Å²) in [5.41, 5.74) is 10.4. The Morgan fingerprint density at radius 3 is 1.64 bits per heavy atom. The Hall–Kier alpha value is -7.35. The molecule has 0 radical (unpaired) electrons. The van der Waals surface area contributed by atoms with Crippen molar-refractivity contribution in [1.29, 1.82) is 0 Å². The van der Waals surface area contributed by atoms with Gasteiger partial charge in [-0.2, -0.15) is 0 Å². The quantitative estimate of drug-likeness (QED) is 0.169. The summed E-state index contributed by atoms with van der Waals surface area (Å²) in [7, 11) is 0. The van der Waals surface area contributed by atoms with Gasteiger partial charge in [0.2, 0.25) is 0 Å². The molecule has 4 aromatic heterocycles. The SMILES string of the molecule is c1ccc(-c2cccc(-c3nc(-c4ccc5oc6cc(-c7nc(-c8ccccc8)nc(-c8ccccc8)n7)ccc6c5c4)c4sc5ccccc5c4n3)c2)cc1. The Balaban J connectivity index is 1.05. The summed E-state index contributed by atoms with van der Waals surface area (Å²) < 4.78 is 8.76. The fraction of sp³-hybridized carbons (Fsp3) is 0. The van der Waals surface area contributed by atoms with Gasteiger partial charge >= 0.3 is 0 Å². The normalized spacial score (nSPS) is 11.6. The van der Waals surface area contributed by atoms with Gasteiger partial charge in [-0.3, -0.25) is 0 Å². The largest absolute Gasteiger partial charge is 0.456 e. The van der Waals surface area contributed by atoms with Crippen LogP contribution in [0.3, 0.4) is 0 Å². The van der Waals surface area contributed by atoms with Crippen molar-refractivity contribution in [3.63, 3.8) is 0 Å². The summed E-state index contributed by atoms with van der Waals surface area (Å²) in [6, 6.07) is 59.9. The third kappa shape index (κ3) is 5.61. The van der Waals surface area contributed by atoms with Gasteiger partial charge in [-0.1, -0.05) is 133 Å². The van der Waals surface area contributed by atoms with Gasteiger partial charge in [-0.05, 0) is 53.6 Å². The second-order valence-corrected chi connectivity index (χ2v) is 14.7. The first kappa shape index (κ1) is 32.1. The van der Waals surface area contributed by atoms with Crippen molar-refractivity contribution in [2.45, 2.75) is 0 Å². The second kappa shape index (κ2) is 13.2. The molecule has 0 bridgehead atoms. The molecule has 0 spiro atoms. The zero-order valence-corrected chi connectivity index (χ0v) is 30.6. The number of hydrogen-bond donors (Lipinski definition) is 0. The number of nitrogens with zero attached hydrogens (tertiary/aromatic N) is 5. The fourth-order valence-corrected chi connectivity index (χ4v) is 8.54. The number of rotatable bonds is 6. The van der Waals surface area contributed by atoms with E-state index in [0.717, 1.165) is 82.2 Å². The molecule has 11 aromatic rings. The second-order valence-electron chi connectivity index (χ2n) is 13.7. The van der Waals surface area contributed by atoms with Gasteiger partial charge in [0.1, 0.15) is 11.2 Å². The molecule has 11 rings (SSSR count). The maximum atomic E-state index is 6.52. The lowest BCUT2D eigenvalue weighted by Gasteiger charge is -2.09. The van der Waals surface area contributed by atoms with Crippen molar-refractivity contribution < 1.29 is 4.42 Å². The van der Waals surface area contributed by atoms with Crippen molar-refractivity contribution in [1.82, 2.24) is 24.9 Å². The van der Waals surface area contributed by atoms with E-state index >= 15 is 0 Å². The Morgan fingerprint density at radius 2 is 0.911 bits per heavy atom. The van der Waals surface area contributed by atoms with E-state index in [0.29, 0.717) is 23.3 Å². The van der Waals surface area contributed by atoms with Gasteiger partial charge in [0.15, 0.2) is 23.3 Å². The summed E-state index contributed by atoms with van der Waals surface area (Å²) in [4.78, 5) is 25.3. The summed E-state index contributed by atoms with van der Waals surface area (Å²) in [6.07, 6.45) is 0. The molecule has 0 aliphatic carbocycles. The third-order valence-electron chi connectivity index (χ3n) is 10.1. The van der Waals surface area contributed by atoms with Crippen LogP contribution in [-0.2, 0) is 0 Å². The number of furan rings is 1. The summed E-state index contributed by atoms with van der Waals surface area (Å²) in [6.45, 7) is 0. The lowest BCUT2D eigenvalue weighted by atomic mass is 10.0. The maximum Gasteiger partial charge on any atom is 0.164 e. The predicted molar refractivity (Wildman–Crippen MR) is 228 cm³/mol. The molecule has 0 amide bonds. The lowest BCUT2D eigenvalue weighted by Crippen LogP contribution is -2.00. The van der Waals surface area contributed by atoms with Gasteiger partial charge in [0.05, 0.1) is 15.9 Å². The van der Waals surface area contributed by atoms with Crippen molar-refractivity contribution in [2.24, 2.45) is 0 Å². The van der Waals surface area contributed by atoms with Crippen LogP contribution < -0.4 is 0 Å². The summed E-state index contributed by atoms with van der Waals surface area (Å²) in [5, 5.41) is 3.14. The zero-order valence-electron chi connectivity index (χ0n) is 29.8. The minimum absolute atomic E-state index is 0.581. The van der Waals surface area contributed by atoms with E-state index in [-0.39, 0.29) is 0 Å². The molecule has 56 heavy (non-hydrogen) atoms. The van der Waals surface area contributed by atoms with Gasteiger partial charge < -0.3 is 4.42 Å². The van der Waals surface area contributed by atoms with Crippen LogP contribution in [0.2, 0.25) is 0 Å². The van der Waals surface area contributed by atoms with E-state index in [1.807, 2.05) is 78.9 Å². The molecule has 0 N–H and O–H groups in total. The van der Waals surface area contributed by atoms with Gasteiger partial charge in [0.25, 0.3) is 0 Å². The van der Waals surface area contributed by atoms with E-state index in [1.165, 1.54) is 4.70 Å². The zero-order chi connectivity index (χ0) is 37.0. The molecule has 0 aliphatic heterocycles. The molecule has 262 valence electrons. The molecule has 4 heterocycles. The van der Waals surface area contributed by atoms with Crippen LogP contribution in [0.5, 0.6) is 0 Å². The predicted octanol–water partition coefficient (Wildman–Crippen LogP) is 12.9. The van der Waals surface area contributed by atoms with Crippen LogP contribution in [0.25, 0.3) is 110 Å². The van der Waals surface area contributed by atoms with Crippen LogP contribution in [0, 0.1) is 0 Å². The Morgan fingerprint density at radius 1 is 0.339 bits per heavy atom.